The first-order valence-electron chi connectivity index (χ1n) is 11.4. The van der Waals surface area contributed by atoms with Crippen molar-refractivity contribution in [2.24, 2.45) is 0 Å². The van der Waals surface area contributed by atoms with Crippen LogP contribution in [-0.4, -0.2) is 35.9 Å². The van der Waals surface area contributed by atoms with Crippen molar-refractivity contribution >= 4 is 11.6 Å². The minimum atomic E-state index is -0.316. The number of amides is 1. The number of ether oxygens (including phenoxy) is 3. The lowest BCUT2D eigenvalue weighted by molar-refractivity contribution is 0.102. The zero-order valence-electron chi connectivity index (χ0n) is 19.9. The van der Waals surface area contributed by atoms with E-state index in [1.165, 1.54) is 0 Å². The topological polar surface area (TPSA) is 109 Å². The number of hydrogen-bond acceptors (Lipinski definition) is 8. The Hall–Kier alpha value is -4.27. The van der Waals surface area contributed by atoms with E-state index in [-0.39, 0.29) is 5.91 Å². The van der Waals surface area contributed by atoms with Crippen LogP contribution in [0, 0.1) is 0 Å². The molecule has 9 heteroatoms. The summed E-state index contributed by atoms with van der Waals surface area (Å²) in [6, 6.07) is 14.3. The average molecular weight is 478 g/mol. The highest BCUT2D eigenvalue weighted by atomic mass is 16.5. The Balaban J connectivity index is 1.58. The highest BCUT2D eigenvalue weighted by Crippen LogP contribution is 2.39. The van der Waals surface area contributed by atoms with E-state index < -0.39 is 0 Å². The third-order valence-electron chi connectivity index (χ3n) is 4.99. The van der Waals surface area contributed by atoms with Gasteiger partial charge in [-0.2, -0.15) is 4.98 Å². The number of carbonyl (C=O) groups is 1. The van der Waals surface area contributed by atoms with Gasteiger partial charge >= 0.3 is 0 Å². The van der Waals surface area contributed by atoms with Gasteiger partial charge in [-0.3, -0.25) is 4.79 Å². The minimum absolute atomic E-state index is 0.316. The standard InChI is InChI=1S/C26H27N3O6/c1-4-31-21-14-18(15-22(32-5-2)24(21)33-6-3)26(30)27-19-11-8-7-10-17(19)16-23-28-25(29-35-23)20-12-9-13-34-20/h7-15H,4-6,16H2,1-3H3,(H,27,30). The van der Waals surface area contributed by atoms with Gasteiger partial charge in [0.15, 0.2) is 17.3 Å². The van der Waals surface area contributed by atoms with E-state index in [4.69, 9.17) is 23.2 Å². The third kappa shape index (κ3) is 5.63. The van der Waals surface area contributed by atoms with E-state index in [0.717, 1.165) is 5.56 Å². The second kappa shape index (κ2) is 11.2. The van der Waals surface area contributed by atoms with Crippen molar-refractivity contribution in [2.75, 3.05) is 25.1 Å². The molecule has 2 aromatic carbocycles. The molecule has 0 fully saturated rings. The van der Waals surface area contributed by atoms with Crippen LogP contribution in [0.3, 0.4) is 0 Å². The molecular formula is C26H27N3O6. The van der Waals surface area contributed by atoms with Crippen LogP contribution in [0.15, 0.2) is 63.7 Å². The summed E-state index contributed by atoms with van der Waals surface area (Å²) in [7, 11) is 0. The van der Waals surface area contributed by atoms with Gasteiger partial charge in [-0.05, 0) is 56.7 Å². The lowest BCUT2D eigenvalue weighted by Crippen LogP contribution is -2.14. The lowest BCUT2D eigenvalue weighted by atomic mass is 10.1. The van der Waals surface area contributed by atoms with Gasteiger partial charge in [-0.25, -0.2) is 0 Å². The number of benzene rings is 2. The number of hydrogen-bond donors (Lipinski definition) is 1. The molecule has 0 bridgehead atoms. The SMILES string of the molecule is CCOc1cc(C(=O)Nc2ccccc2Cc2nc(-c3ccco3)no2)cc(OCC)c1OCC. The number of carbonyl (C=O) groups excluding carboxylic acids is 1. The molecule has 0 aliphatic rings. The minimum Gasteiger partial charge on any atom is -0.490 e. The maximum atomic E-state index is 13.2. The maximum Gasteiger partial charge on any atom is 0.255 e. The molecule has 182 valence electrons. The summed E-state index contributed by atoms with van der Waals surface area (Å²) in [6.07, 6.45) is 1.88. The number of nitrogens with zero attached hydrogens (tertiary/aromatic N) is 2. The Labute approximate surface area is 203 Å². The molecule has 4 aromatic rings. The van der Waals surface area contributed by atoms with Crippen LogP contribution in [0.5, 0.6) is 17.2 Å². The van der Waals surface area contributed by atoms with Gasteiger partial charge in [-0.15, -0.1) is 0 Å². The fourth-order valence-corrected chi connectivity index (χ4v) is 3.51. The van der Waals surface area contributed by atoms with Gasteiger partial charge < -0.3 is 28.5 Å². The number of furan rings is 1. The predicted molar refractivity (Wildman–Crippen MR) is 129 cm³/mol. The van der Waals surface area contributed by atoms with Gasteiger partial charge in [0.1, 0.15) is 0 Å². The Morgan fingerprint density at radius 3 is 2.31 bits per heavy atom. The predicted octanol–water partition coefficient (Wildman–Crippen LogP) is 5.37. The molecular weight excluding hydrogens is 450 g/mol. The molecule has 35 heavy (non-hydrogen) atoms. The van der Waals surface area contributed by atoms with E-state index in [2.05, 4.69) is 15.5 Å². The van der Waals surface area contributed by atoms with E-state index in [1.54, 1.807) is 30.5 Å². The summed E-state index contributed by atoms with van der Waals surface area (Å²) in [5.41, 5.74) is 1.82. The van der Waals surface area contributed by atoms with E-state index in [0.29, 0.717) is 72.2 Å². The molecule has 0 saturated carbocycles. The van der Waals surface area contributed by atoms with Crippen molar-refractivity contribution in [3.8, 4) is 28.8 Å². The Morgan fingerprint density at radius 2 is 1.66 bits per heavy atom. The lowest BCUT2D eigenvalue weighted by Gasteiger charge is -2.17. The first-order valence-corrected chi connectivity index (χ1v) is 11.4. The van der Waals surface area contributed by atoms with Crippen LogP contribution in [0.25, 0.3) is 11.6 Å². The third-order valence-corrected chi connectivity index (χ3v) is 4.99. The zero-order chi connectivity index (χ0) is 24.6. The van der Waals surface area contributed by atoms with Gasteiger partial charge in [0.25, 0.3) is 5.91 Å². The summed E-state index contributed by atoms with van der Waals surface area (Å²) >= 11 is 0. The summed E-state index contributed by atoms with van der Waals surface area (Å²) in [5.74, 6) is 2.36. The van der Waals surface area contributed by atoms with Crippen LogP contribution < -0.4 is 19.5 Å². The fraction of sp³-hybridized carbons (Fsp3) is 0.269. The molecule has 1 amide bonds. The van der Waals surface area contributed by atoms with Crippen molar-refractivity contribution in [2.45, 2.75) is 27.2 Å². The average Bonchev–Trinajstić information content (AvgIpc) is 3.55. The Bertz CT molecular complexity index is 1240. The molecule has 0 saturated heterocycles. The maximum absolute atomic E-state index is 13.2. The molecule has 1 N–H and O–H groups in total. The molecule has 0 radical (unpaired) electrons. The molecule has 0 unspecified atom stereocenters. The summed E-state index contributed by atoms with van der Waals surface area (Å²) in [4.78, 5) is 17.6. The van der Waals surface area contributed by atoms with Crippen LogP contribution in [0.4, 0.5) is 5.69 Å². The highest BCUT2D eigenvalue weighted by molar-refractivity contribution is 6.05. The zero-order valence-corrected chi connectivity index (χ0v) is 19.9. The normalized spacial score (nSPS) is 10.7. The molecule has 4 rings (SSSR count). The number of anilines is 1. The van der Waals surface area contributed by atoms with Crippen molar-refractivity contribution in [1.29, 1.82) is 0 Å². The molecule has 0 aliphatic heterocycles. The molecule has 2 heterocycles. The van der Waals surface area contributed by atoms with Crippen LogP contribution in [0.2, 0.25) is 0 Å². The summed E-state index contributed by atoms with van der Waals surface area (Å²) in [6.45, 7) is 6.90. The van der Waals surface area contributed by atoms with Gasteiger partial charge in [0, 0.05) is 11.3 Å². The number of para-hydroxylation sites is 1. The second-order valence-corrected chi connectivity index (χ2v) is 7.38. The van der Waals surface area contributed by atoms with Crippen molar-refractivity contribution in [1.82, 2.24) is 10.1 Å². The Kier molecular flexibility index (Phi) is 7.67. The monoisotopic (exact) mass is 477 g/mol. The quantitative estimate of drug-likeness (QED) is 0.307. The van der Waals surface area contributed by atoms with Crippen LogP contribution in [-0.2, 0) is 6.42 Å². The van der Waals surface area contributed by atoms with E-state index >= 15 is 0 Å². The van der Waals surface area contributed by atoms with Gasteiger partial charge in [0.05, 0.1) is 32.5 Å². The molecule has 0 aliphatic carbocycles. The first kappa shape index (κ1) is 23.9. The van der Waals surface area contributed by atoms with Crippen molar-refractivity contribution in [3.63, 3.8) is 0 Å². The molecule has 2 aromatic heterocycles. The molecule has 0 atom stereocenters. The first-order chi connectivity index (χ1) is 17.1. The number of nitrogens with one attached hydrogen (secondary N) is 1. The van der Waals surface area contributed by atoms with Crippen LogP contribution >= 0.6 is 0 Å². The van der Waals surface area contributed by atoms with Crippen molar-refractivity contribution in [3.05, 3.63) is 71.8 Å². The Morgan fingerprint density at radius 1 is 0.943 bits per heavy atom. The second-order valence-electron chi connectivity index (χ2n) is 7.38. The highest BCUT2D eigenvalue weighted by Gasteiger charge is 2.20. The summed E-state index contributed by atoms with van der Waals surface area (Å²) < 4.78 is 27.9. The summed E-state index contributed by atoms with van der Waals surface area (Å²) in [5, 5.41) is 6.94. The smallest absolute Gasteiger partial charge is 0.255 e. The number of rotatable bonds is 11. The fourth-order valence-electron chi connectivity index (χ4n) is 3.51. The molecule has 9 nitrogen and oxygen atoms in total. The van der Waals surface area contributed by atoms with Gasteiger partial charge in [0.2, 0.25) is 17.5 Å². The van der Waals surface area contributed by atoms with Gasteiger partial charge in [-0.1, -0.05) is 23.4 Å². The van der Waals surface area contributed by atoms with E-state index in [9.17, 15) is 4.79 Å². The van der Waals surface area contributed by atoms with Crippen molar-refractivity contribution < 1.29 is 27.9 Å². The largest absolute Gasteiger partial charge is 0.490 e. The van der Waals surface area contributed by atoms with E-state index in [1.807, 2.05) is 45.0 Å². The number of aromatic nitrogens is 2. The van der Waals surface area contributed by atoms with Crippen LogP contribution in [0.1, 0.15) is 42.6 Å². The molecule has 0 spiro atoms.